The molecule has 1 aromatic heterocycles. The molecular formula is C23H25ClN4O3. The summed E-state index contributed by atoms with van der Waals surface area (Å²) in [6.45, 7) is 1.53. The van der Waals surface area contributed by atoms with Crippen molar-refractivity contribution in [3.05, 3.63) is 75.8 Å². The topological polar surface area (TPSA) is 78.7 Å². The zero-order valence-electron chi connectivity index (χ0n) is 17.4. The van der Waals surface area contributed by atoms with E-state index in [1.54, 1.807) is 35.0 Å². The van der Waals surface area contributed by atoms with Gasteiger partial charge in [-0.05, 0) is 36.6 Å². The van der Waals surface area contributed by atoms with Gasteiger partial charge in [-0.2, -0.15) is 0 Å². The molecule has 0 bridgehead atoms. The Morgan fingerprint density at radius 1 is 1.19 bits per heavy atom. The number of fused-ring (bicyclic) bond motifs is 1. The molecule has 0 atom stereocenters. The minimum Gasteiger partial charge on any atom is -0.388 e. The van der Waals surface area contributed by atoms with E-state index in [-0.39, 0.29) is 18.1 Å². The van der Waals surface area contributed by atoms with Crippen LogP contribution in [0.15, 0.2) is 59.7 Å². The average molecular weight is 441 g/mol. The molecule has 4 rings (SSSR count). The molecule has 1 saturated heterocycles. The molecule has 162 valence electrons. The van der Waals surface area contributed by atoms with Gasteiger partial charge in [-0.25, -0.2) is 9.78 Å². The lowest BCUT2D eigenvalue weighted by atomic mass is 9.91. The zero-order valence-corrected chi connectivity index (χ0v) is 18.1. The molecule has 1 aliphatic heterocycles. The summed E-state index contributed by atoms with van der Waals surface area (Å²) in [5.41, 5.74) is 0.315. The lowest BCUT2D eigenvalue weighted by molar-refractivity contribution is -0.0288. The van der Waals surface area contributed by atoms with E-state index in [4.69, 9.17) is 11.6 Å². The Morgan fingerprint density at radius 3 is 2.61 bits per heavy atom. The Morgan fingerprint density at radius 2 is 1.90 bits per heavy atom. The molecule has 0 unspecified atom stereocenters. The minimum atomic E-state index is -1.07. The van der Waals surface area contributed by atoms with E-state index < -0.39 is 5.60 Å². The molecule has 1 aliphatic rings. The van der Waals surface area contributed by atoms with Crippen LogP contribution in [0.4, 0.5) is 4.79 Å². The number of amides is 2. The number of likely N-dealkylation sites (tertiary alicyclic amines) is 1. The second-order valence-electron chi connectivity index (χ2n) is 8.17. The predicted molar refractivity (Wildman–Crippen MR) is 120 cm³/mol. The Bertz CT molecular complexity index is 1140. The van der Waals surface area contributed by atoms with Crippen LogP contribution in [0.5, 0.6) is 0 Å². The van der Waals surface area contributed by atoms with Crippen LogP contribution in [0.2, 0.25) is 5.02 Å². The molecule has 7 nitrogen and oxygen atoms in total. The lowest BCUT2D eigenvalue weighted by Gasteiger charge is -2.39. The summed E-state index contributed by atoms with van der Waals surface area (Å²) in [5.74, 6) is 0. The third-order valence-electron chi connectivity index (χ3n) is 5.81. The fraction of sp³-hybridized carbons (Fsp3) is 0.348. The highest BCUT2D eigenvalue weighted by atomic mass is 35.5. The predicted octanol–water partition coefficient (Wildman–Crippen LogP) is 3.13. The number of benzene rings is 2. The van der Waals surface area contributed by atoms with Crippen LogP contribution < -0.4 is 5.56 Å². The number of nitrogens with zero attached hydrogens (tertiary/aromatic N) is 4. The first-order valence-corrected chi connectivity index (χ1v) is 10.6. The molecule has 0 radical (unpaired) electrons. The van der Waals surface area contributed by atoms with E-state index in [0.717, 1.165) is 5.56 Å². The Labute approximate surface area is 185 Å². The van der Waals surface area contributed by atoms with Gasteiger partial charge in [0, 0.05) is 31.7 Å². The second-order valence-corrected chi connectivity index (χ2v) is 8.61. The number of aromatic nitrogens is 2. The van der Waals surface area contributed by atoms with Gasteiger partial charge in [-0.15, -0.1) is 0 Å². The van der Waals surface area contributed by atoms with Crippen LogP contribution >= 0.6 is 11.6 Å². The molecule has 0 spiro atoms. The number of piperidine rings is 1. The summed E-state index contributed by atoms with van der Waals surface area (Å²) in [6, 6.07) is 14.7. The van der Waals surface area contributed by atoms with E-state index in [9.17, 15) is 14.7 Å². The third-order valence-corrected chi connectivity index (χ3v) is 6.04. The second kappa shape index (κ2) is 8.69. The summed E-state index contributed by atoms with van der Waals surface area (Å²) in [4.78, 5) is 33.3. The smallest absolute Gasteiger partial charge is 0.320 e. The monoisotopic (exact) mass is 440 g/mol. The third kappa shape index (κ3) is 4.73. The molecule has 1 N–H and O–H groups in total. The number of halogens is 1. The first-order valence-electron chi connectivity index (χ1n) is 10.3. The summed E-state index contributed by atoms with van der Waals surface area (Å²) >= 11 is 5.97. The number of hydrogen-bond donors (Lipinski definition) is 1. The number of carbonyl (C=O) groups is 1. The van der Waals surface area contributed by atoms with Gasteiger partial charge in [-0.1, -0.05) is 41.9 Å². The minimum absolute atomic E-state index is 0.0627. The number of urea groups is 1. The Hall–Kier alpha value is -2.90. The van der Waals surface area contributed by atoms with Gasteiger partial charge in [-0.3, -0.25) is 9.36 Å². The van der Waals surface area contributed by atoms with E-state index >= 15 is 0 Å². The molecule has 3 aromatic rings. The lowest BCUT2D eigenvalue weighted by Crippen LogP contribution is -2.52. The molecule has 0 saturated carbocycles. The van der Waals surface area contributed by atoms with Crippen molar-refractivity contribution in [3.8, 4) is 0 Å². The van der Waals surface area contributed by atoms with Gasteiger partial charge in [0.15, 0.2) is 0 Å². The zero-order chi connectivity index (χ0) is 22.0. The molecule has 0 aliphatic carbocycles. The van der Waals surface area contributed by atoms with Gasteiger partial charge in [0.05, 0.1) is 29.4 Å². The highest BCUT2D eigenvalue weighted by Crippen LogP contribution is 2.25. The summed E-state index contributed by atoms with van der Waals surface area (Å²) in [5, 5.41) is 12.1. The van der Waals surface area contributed by atoms with E-state index in [2.05, 4.69) is 4.98 Å². The number of carbonyl (C=O) groups excluding carboxylic acids is 1. The van der Waals surface area contributed by atoms with Crippen LogP contribution in [0.1, 0.15) is 18.4 Å². The molecule has 1 fully saturated rings. The van der Waals surface area contributed by atoms with Crippen LogP contribution in [-0.4, -0.2) is 56.2 Å². The maximum Gasteiger partial charge on any atom is 0.320 e. The molecule has 2 heterocycles. The van der Waals surface area contributed by atoms with Crippen LogP contribution in [0, 0.1) is 0 Å². The van der Waals surface area contributed by atoms with Crippen molar-refractivity contribution in [2.75, 3.05) is 20.1 Å². The van der Waals surface area contributed by atoms with Crippen molar-refractivity contribution in [2.45, 2.75) is 31.5 Å². The van der Waals surface area contributed by atoms with E-state index in [0.29, 0.717) is 48.4 Å². The van der Waals surface area contributed by atoms with Crippen molar-refractivity contribution >= 4 is 28.5 Å². The summed E-state index contributed by atoms with van der Waals surface area (Å²) < 4.78 is 1.44. The number of aliphatic hydroxyl groups is 1. The van der Waals surface area contributed by atoms with Gasteiger partial charge in [0.2, 0.25) is 0 Å². The van der Waals surface area contributed by atoms with Crippen molar-refractivity contribution in [1.29, 1.82) is 0 Å². The number of hydrogen-bond acceptors (Lipinski definition) is 4. The van der Waals surface area contributed by atoms with Crippen molar-refractivity contribution < 1.29 is 9.90 Å². The van der Waals surface area contributed by atoms with Crippen molar-refractivity contribution in [1.82, 2.24) is 19.4 Å². The van der Waals surface area contributed by atoms with Gasteiger partial charge in [0.25, 0.3) is 5.56 Å². The molecule has 8 heteroatoms. The maximum absolute atomic E-state index is 12.8. The summed E-state index contributed by atoms with van der Waals surface area (Å²) in [6.07, 6.45) is 2.23. The van der Waals surface area contributed by atoms with Crippen LogP contribution in [0.3, 0.4) is 0 Å². The van der Waals surface area contributed by atoms with Crippen molar-refractivity contribution in [3.63, 3.8) is 0 Å². The first-order chi connectivity index (χ1) is 14.8. The van der Waals surface area contributed by atoms with E-state index in [1.807, 2.05) is 30.3 Å². The fourth-order valence-corrected chi connectivity index (χ4v) is 4.17. The maximum atomic E-state index is 12.8. The van der Waals surface area contributed by atoms with Gasteiger partial charge in [0.1, 0.15) is 0 Å². The standard InChI is InChI=1S/C23H25ClN4O3/c1-26(14-17-5-3-2-4-6-17)22(30)27-11-9-23(31,10-12-27)15-28-16-25-20-13-18(24)7-8-19(20)21(28)29/h2-8,13,16,31H,9-12,14-15H2,1H3. The van der Waals surface area contributed by atoms with Crippen LogP contribution in [0.25, 0.3) is 10.9 Å². The van der Waals surface area contributed by atoms with E-state index in [1.165, 1.54) is 10.9 Å². The largest absolute Gasteiger partial charge is 0.388 e. The Kier molecular flexibility index (Phi) is 5.98. The van der Waals surface area contributed by atoms with Crippen molar-refractivity contribution in [2.24, 2.45) is 0 Å². The molecular weight excluding hydrogens is 416 g/mol. The molecule has 2 aromatic carbocycles. The number of rotatable bonds is 4. The fourth-order valence-electron chi connectivity index (χ4n) is 4.00. The average Bonchev–Trinajstić information content (AvgIpc) is 2.76. The normalized spacial score (nSPS) is 15.8. The summed E-state index contributed by atoms with van der Waals surface area (Å²) in [7, 11) is 1.78. The van der Waals surface area contributed by atoms with Crippen LogP contribution in [-0.2, 0) is 13.1 Å². The highest BCUT2D eigenvalue weighted by molar-refractivity contribution is 6.31. The first kappa shape index (κ1) is 21.3. The quantitative estimate of drug-likeness (QED) is 0.676. The van der Waals surface area contributed by atoms with Gasteiger partial charge < -0.3 is 14.9 Å². The molecule has 2 amide bonds. The molecule has 31 heavy (non-hydrogen) atoms. The van der Waals surface area contributed by atoms with Gasteiger partial charge >= 0.3 is 6.03 Å². The Balaban J connectivity index is 1.40. The highest BCUT2D eigenvalue weighted by Gasteiger charge is 2.35. The SMILES string of the molecule is CN(Cc1ccccc1)C(=O)N1CCC(O)(Cn2cnc3cc(Cl)ccc3c2=O)CC1.